The Morgan fingerprint density at radius 3 is 1.65 bits per heavy atom. The maximum Gasteiger partial charge on any atom is 0.339 e. The quantitative estimate of drug-likeness (QED) is 0.0238. The van der Waals surface area contributed by atoms with Crippen molar-refractivity contribution in [3.8, 4) is 11.5 Å². The fourth-order valence-corrected chi connectivity index (χ4v) is 14.4. The Morgan fingerprint density at radius 2 is 1.12 bits per heavy atom. The van der Waals surface area contributed by atoms with E-state index in [0.717, 1.165) is 85.9 Å². The first-order chi connectivity index (χ1) is 49.0. The summed E-state index contributed by atoms with van der Waals surface area (Å²) in [6, 6.07) is 41.8. The number of carboxylic acids is 4. The molecule has 0 aromatic heterocycles. The molecule has 0 spiro atoms. The smallest absolute Gasteiger partial charge is 0.339 e. The number of halogens is 1. The number of aromatic carboxylic acids is 2. The number of carboxylic acid groups (broad SMARTS) is 4. The Balaban J connectivity index is 0.000000193. The van der Waals surface area contributed by atoms with E-state index in [1.165, 1.54) is 63.8 Å². The number of ether oxygens (including phenoxy) is 2. The molecule has 6 aromatic carbocycles. The lowest BCUT2D eigenvalue weighted by Gasteiger charge is -2.33. The van der Waals surface area contributed by atoms with Crippen molar-refractivity contribution in [1.29, 1.82) is 0 Å². The molecule has 5 unspecified atom stereocenters. The Bertz CT molecular complexity index is 3670. The van der Waals surface area contributed by atoms with E-state index in [4.69, 9.17) is 26.2 Å². The second-order valence-electron chi connectivity index (χ2n) is 28.0. The van der Waals surface area contributed by atoms with Gasteiger partial charge in [-0.3, -0.25) is 19.2 Å². The van der Waals surface area contributed by atoms with Crippen molar-refractivity contribution in [2.45, 2.75) is 168 Å². The summed E-state index contributed by atoms with van der Waals surface area (Å²) in [7, 11) is 1.49. The van der Waals surface area contributed by atoms with Gasteiger partial charge in [-0.15, -0.1) is 0 Å². The first kappa shape index (κ1) is 80.1. The van der Waals surface area contributed by atoms with Gasteiger partial charge in [0.1, 0.15) is 29.1 Å². The standard InChI is InChI=1S/C27H36N2O4.C19H25NO3.C19H27NO3.C17H16ClNO4/c1-4-33-25-17-20(12-13-22(25)27(31)32)18-26(30)28-23(16-19(2)3)21-10-6-7-11-24(21)29-14-8-5-9-15-29;21-18(16-11-14-8-4-5-9-15(14)12-16)20-17(19(22)23)10-13-6-2-1-3-7-13;1-13(2)15-8-10-16(11-9-15)18(21)20-17(19(22)23)12-14-6-4-3-5-7-14;1-23-15-7-6-13(18)10-14(15)16(20)19-9-8-11-2-4-12(5-3-11)17(21)22/h6-7,10-13,17,19,23H,4-5,8-9,14-16,18H2,1-3H3,(H,28,30)(H,31,32);1-3,6-7,14-17H,4-5,8-12H2,(H,20,21)(H,22,23);3-7,13,15-17H,8-12H2,1-2H3,(H,20,21)(H,22,23);2-7,10H,8-9H2,1H3,(H,19,20)(H,21,22). The largest absolute Gasteiger partial charge is 0.496 e. The molecule has 0 bridgehead atoms. The number of rotatable bonds is 27. The average molecular weight is 1420 g/mol. The maximum atomic E-state index is 13.1. The fourth-order valence-electron chi connectivity index (χ4n) is 14.3. The third-order valence-electron chi connectivity index (χ3n) is 19.8. The summed E-state index contributed by atoms with van der Waals surface area (Å²) in [6.07, 6.45) is 16.7. The zero-order chi connectivity index (χ0) is 73.7. The van der Waals surface area contributed by atoms with E-state index in [1.54, 1.807) is 61.5 Å². The van der Waals surface area contributed by atoms with Crippen molar-refractivity contribution in [3.63, 3.8) is 0 Å². The molecule has 0 radical (unpaired) electrons. The van der Waals surface area contributed by atoms with Crippen LogP contribution in [-0.2, 0) is 49.7 Å². The van der Waals surface area contributed by atoms with Crippen LogP contribution in [0.25, 0.3) is 0 Å². The molecule has 19 nitrogen and oxygen atoms in total. The van der Waals surface area contributed by atoms with Gasteiger partial charge in [0.15, 0.2) is 0 Å². The second kappa shape index (κ2) is 41.0. The minimum absolute atomic E-state index is 0.000670. The van der Waals surface area contributed by atoms with Gasteiger partial charge in [-0.05, 0) is 183 Å². The molecule has 1 saturated heterocycles. The van der Waals surface area contributed by atoms with Gasteiger partial charge in [-0.1, -0.05) is 162 Å². The van der Waals surface area contributed by atoms with E-state index in [9.17, 15) is 53.7 Å². The second-order valence-corrected chi connectivity index (χ2v) is 28.4. The van der Waals surface area contributed by atoms with Crippen LogP contribution >= 0.6 is 11.6 Å². The number of nitrogens with one attached hydrogen (secondary N) is 4. The molecule has 6 aromatic rings. The van der Waals surface area contributed by atoms with Crippen molar-refractivity contribution in [2.75, 3.05) is 38.3 Å². The summed E-state index contributed by atoms with van der Waals surface area (Å²) in [5, 5.41) is 49.0. The molecule has 5 atom stereocenters. The summed E-state index contributed by atoms with van der Waals surface area (Å²) in [5.74, 6) is -0.621. The van der Waals surface area contributed by atoms with Crippen LogP contribution in [0.2, 0.25) is 5.02 Å². The number of hydrogen-bond donors (Lipinski definition) is 8. The van der Waals surface area contributed by atoms with Crippen molar-refractivity contribution >= 4 is 64.8 Å². The summed E-state index contributed by atoms with van der Waals surface area (Å²) in [6.45, 7) is 13.5. The number of nitrogens with zero attached hydrogens (tertiary/aromatic N) is 1. The van der Waals surface area contributed by atoms with Gasteiger partial charge < -0.3 is 56.1 Å². The van der Waals surface area contributed by atoms with Crippen LogP contribution in [0, 0.1) is 41.4 Å². The highest BCUT2D eigenvalue weighted by atomic mass is 35.5. The molecule has 1 aliphatic heterocycles. The van der Waals surface area contributed by atoms with Gasteiger partial charge in [0.2, 0.25) is 17.7 Å². The predicted molar refractivity (Wildman–Crippen MR) is 396 cm³/mol. The number of methoxy groups -OCH3 is 1. The van der Waals surface area contributed by atoms with Crippen LogP contribution in [0.1, 0.15) is 189 Å². The molecular formula is C82H104ClN5O14. The van der Waals surface area contributed by atoms with E-state index in [0.29, 0.717) is 84.1 Å². The van der Waals surface area contributed by atoms with Crippen molar-refractivity contribution < 1.29 is 68.3 Å². The van der Waals surface area contributed by atoms with E-state index in [2.05, 4.69) is 72.1 Å². The van der Waals surface area contributed by atoms with E-state index in [-0.39, 0.29) is 59.1 Å². The lowest BCUT2D eigenvalue weighted by atomic mass is 9.76. The van der Waals surface area contributed by atoms with Crippen LogP contribution in [0.15, 0.2) is 146 Å². The number of amides is 4. The number of para-hydroxylation sites is 1. The number of fused-ring (bicyclic) bond motifs is 1. The Labute approximate surface area is 605 Å². The van der Waals surface area contributed by atoms with Crippen molar-refractivity contribution in [3.05, 3.63) is 195 Å². The minimum atomic E-state index is -1.04. The number of carbonyl (C=O) groups is 8. The molecule has 548 valence electrons. The average Bonchev–Trinajstić information content (AvgIpc) is 1.05. The van der Waals surface area contributed by atoms with Crippen molar-refractivity contribution in [2.24, 2.45) is 41.4 Å². The Hall–Kier alpha value is -9.23. The number of aliphatic carboxylic acids is 2. The Kier molecular flexibility index (Phi) is 32.2. The zero-order valence-corrected chi connectivity index (χ0v) is 60.6. The zero-order valence-electron chi connectivity index (χ0n) is 59.9. The van der Waals surface area contributed by atoms with E-state index < -0.39 is 36.0 Å². The molecule has 20 heteroatoms. The minimum Gasteiger partial charge on any atom is -0.496 e. The van der Waals surface area contributed by atoms with Crippen LogP contribution in [0.3, 0.4) is 0 Å². The van der Waals surface area contributed by atoms with Gasteiger partial charge in [0, 0.05) is 55.0 Å². The van der Waals surface area contributed by atoms with Crippen molar-refractivity contribution in [1.82, 2.24) is 21.3 Å². The molecule has 4 fully saturated rings. The predicted octanol–water partition coefficient (Wildman–Crippen LogP) is 14.5. The number of anilines is 1. The monoisotopic (exact) mass is 1420 g/mol. The molecule has 3 saturated carbocycles. The number of hydrogen-bond acceptors (Lipinski definition) is 11. The van der Waals surface area contributed by atoms with Crippen LogP contribution in [0.5, 0.6) is 11.5 Å². The summed E-state index contributed by atoms with van der Waals surface area (Å²) in [5.41, 5.74) is 6.62. The highest BCUT2D eigenvalue weighted by Crippen LogP contribution is 2.45. The maximum absolute atomic E-state index is 13.1. The third kappa shape index (κ3) is 25.4. The highest BCUT2D eigenvalue weighted by molar-refractivity contribution is 6.31. The fraction of sp³-hybridized carbons (Fsp3) is 0.463. The van der Waals surface area contributed by atoms with E-state index >= 15 is 0 Å². The van der Waals surface area contributed by atoms with E-state index in [1.807, 2.05) is 66.7 Å². The molecule has 102 heavy (non-hydrogen) atoms. The van der Waals surface area contributed by atoms with Gasteiger partial charge in [0.05, 0.1) is 37.3 Å². The van der Waals surface area contributed by atoms with Gasteiger partial charge in [-0.2, -0.15) is 0 Å². The number of piperidine rings is 1. The number of carbonyl (C=O) groups excluding carboxylic acids is 4. The third-order valence-corrected chi connectivity index (χ3v) is 20.0. The first-order valence-corrected chi connectivity index (χ1v) is 36.6. The first-order valence-electron chi connectivity index (χ1n) is 36.2. The summed E-state index contributed by atoms with van der Waals surface area (Å²) >= 11 is 5.90. The topological polar surface area (TPSA) is 287 Å². The van der Waals surface area contributed by atoms with Gasteiger partial charge >= 0.3 is 23.9 Å². The lowest BCUT2D eigenvalue weighted by Crippen LogP contribution is -2.45. The molecule has 10 rings (SSSR count). The molecule has 4 amide bonds. The molecule has 1 heterocycles. The summed E-state index contributed by atoms with van der Waals surface area (Å²) < 4.78 is 10.6. The Morgan fingerprint density at radius 1 is 0.559 bits per heavy atom. The molecule has 8 N–H and O–H groups in total. The SMILES string of the molecule is CC(C)C1CCC(C(=O)NC(Cc2ccccc2)C(=O)O)CC1.CCOc1cc(CC(=O)NC(CC(C)C)c2ccccc2N2CCCCC2)ccc1C(=O)O.COc1ccc(Cl)cc1C(=O)NCCc1ccc(C(=O)O)cc1.O=C(NC(Cc1ccccc1)C(=O)O)C1CC2CCCCC2C1. The van der Waals surface area contributed by atoms with Crippen LogP contribution in [0.4, 0.5) is 5.69 Å². The van der Waals surface area contributed by atoms with Gasteiger partial charge in [-0.25, -0.2) is 19.2 Å². The summed E-state index contributed by atoms with van der Waals surface area (Å²) in [4.78, 5) is 97.8. The van der Waals surface area contributed by atoms with Gasteiger partial charge in [0.25, 0.3) is 5.91 Å². The lowest BCUT2D eigenvalue weighted by molar-refractivity contribution is -0.142. The highest BCUT2D eigenvalue weighted by Gasteiger charge is 2.40. The molecule has 4 aliphatic rings. The number of benzene rings is 6. The van der Waals surface area contributed by atoms with Crippen LogP contribution < -0.4 is 35.6 Å². The molecular weight excluding hydrogens is 1310 g/mol. The molecule has 3 aliphatic carbocycles. The normalized spacial score (nSPS) is 18.4. The van der Waals surface area contributed by atoms with Crippen LogP contribution in [-0.4, -0.2) is 113 Å².